The molecule has 2 aromatic rings. The Morgan fingerprint density at radius 3 is 2.26 bits per heavy atom. The molecule has 0 saturated carbocycles. The molecule has 0 aliphatic carbocycles. The lowest BCUT2D eigenvalue weighted by molar-refractivity contribution is -0.143. The van der Waals surface area contributed by atoms with E-state index in [9.17, 15) is 24.0 Å². The number of rotatable bonds is 5. The van der Waals surface area contributed by atoms with Crippen molar-refractivity contribution in [2.45, 2.75) is 38.3 Å². The first-order valence-corrected chi connectivity index (χ1v) is 11.7. The summed E-state index contributed by atoms with van der Waals surface area (Å²) in [6, 6.07) is 11.8. The number of hydrogen-bond donors (Lipinski definition) is 2. The van der Waals surface area contributed by atoms with Crippen molar-refractivity contribution in [1.82, 2.24) is 15.1 Å². The summed E-state index contributed by atoms with van der Waals surface area (Å²) < 4.78 is 0. The summed E-state index contributed by atoms with van der Waals surface area (Å²) in [5, 5.41) is 11.4. The molecule has 3 aliphatic rings. The van der Waals surface area contributed by atoms with Crippen molar-refractivity contribution in [3.63, 3.8) is 0 Å². The van der Waals surface area contributed by atoms with Crippen LogP contribution in [0.15, 0.2) is 42.5 Å². The summed E-state index contributed by atoms with van der Waals surface area (Å²) in [7, 11) is 0. The molecule has 5 rings (SSSR count). The van der Waals surface area contributed by atoms with E-state index in [1.54, 1.807) is 18.2 Å². The first-order valence-electron chi connectivity index (χ1n) is 11.7. The SMILES string of the molecule is O=C1CCC(N2C(=O)c3cccc(-c4ccc(CN5CCC(C(=O)O)CC5)cc4)c3C2=O)C(=O)N1. The molecule has 35 heavy (non-hydrogen) atoms. The second kappa shape index (κ2) is 9.07. The summed E-state index contributed by atoms with van der Waals surface area (Å²) >= 11 is 0. The van der Waals surface area contributed by atoms with Crippen molar-refractivity contribution in [2.24, 2.45) is 5.92 Å². The molecular weight excluding hydrogens is 450 g/mol. The zero-order chi connectivity index (χ0) is 24.7. The van der Waals surface area contributed by atoms with Gasteiger partial charge in [-0.05, 0) is 55.1 Å². The molecule has 4 amide bonds. The van der Waals surface area contributed by atoms with Crippen LogP contribution in [0.4, 0.5) is 0 Å². The summed E-state index contributed by atoms with van der Waals surface area (Å²) in [5.74, 6) is -3.09. The Kier molecular flexibility index (Phi) is 5.94. The Labute approximate surface area is 201 Å². The number of hydrogen-bond acceptors (Lipinski definition) is 6. The fraction of sp³-hybridized carbons (Fsp3) is 0.346. The number of likely N-dealkylation sites (tertiary alicyclic amines) is 1. The van der Waals surface area contributed by atoms with Gasteiger partial charge in [0.05, 0.1) is 17.0 Å². The van der Waals surface area contributed by atoms with Gasteiger partial charge in [0.1, 0.15) is 6.04 Å². The average molecular weight is 476 g/mol. The minimum atomic E-state index is -0.999. The van der Waals surface area contributed by atoms with Crippen LogP contribution in [0.2, 0.25) is 0 Å². The number of fused-ring (bicyclic) bond motifs is 1. The van der Waals surface area contributed by atoms with Crippen molar-refractivity contribution in [3.8, 4) is 11.1 Å². The van der Waals surface area contributed by atoms with Crippen LogP contribution in [0.1, 0.15) is 52.0 Å². The van der Waals surface area contributed by atoms with Gasteiger partial charge < -0.3 is 5.11 Å². The number of carbonyl (C=O) groups is 5. The molecule has 180 valence electrons. The number of amides is 4. The molecule has 2 fully saturated rings. The van der Waals surface area contributed by atoms with E-state index in [0.717, 1.165) is 29.1 Å². The van der Waals surface area contributed by atoms with Crippen LogP contribution >= 0.6 is 0 Å². The van der Waals surface area contributed by atoms with Gasteiger partial charge in [-0.15, -0.1) is 0 Å². The maximum Gasteiger partial charge on any atom is 0.306 e. The van der Waals surface area contributed by atoms with E-state index in [0.29, 0.717) is 24.9 Å². The highest BCUT2D eigenvalue weighted by molar-refractivity contribution is 6.25. The Balaban J connectivity index is 1.34. The van der Waals surface area contributed by atoms with E-state index in [1.807, 2.05) is 24.3 Å². The molecule has 2 saturated heterocycles. The lowest BCUT2D eigenvalue weighted by Gasteiger charge is -2.30. The lowest BCUT2D eigenvalue weighted by atomic mass is 9.95. The monoisotopic (exact) mass is 475 g/mol. The number of benzene rings is 2. The van der Waals surface area contributed by atoms with Gasteiger partial charge in [-0.3, -0.25) is 39.1 Å². The Hall–Kier alpha value is -3.85. The second-order valence-electron chi connectivity index (χ2n) is 9.26. The van der Waals surface area contributed by atoms with E-state index < -0.39 is 35.6 Å². The Bertz CT molecular complexity index is 1230. The van der Waals surface area contributed by atoms with Crippen molar-refractivity contribution in [1.29, 1.82) is 0 Å². The highest BCUT2D eigenvalue weighted by Gasteiger charge is 2.45. The smallest absolute Gasteiger partial charge is 0.306 e. The third-order valence-corrected chi connectivity index (χ3v) is 7.08. The fourth-order valence-electron chi connectivity index (χ4n) is 5.14. The summed E-state index contributed by atoms with van der Waals surface area (Å²) in [5.41, 5.74) is 2.99. The van der Waals surface area contributed by atoms with Gasteiger partial charge in [0, 0.05) is 13.0 Å². The van der Waals surface area contributed by atoms with E-state index in [2.05, 4.69) is 10.2 Å². The van der Waals surface area contributed by atoms with E-state index in [1.165, 1.54) is 0 Å². The number of nitrogens with one attached hydrogen (secondary N) is 1. The molecule has 0 spiro atoms. The minimum Gasteiger partial charge on any atom is -0.481 e. The van der Waals surface area contributed by atoms with Gasteiger partial charge in [-0.1, -0.05) is 36.4 Å². The van der Waals surface area contributed by atoms with Crippen LogP contribution in [0.5, 0.6) is 0 Å². The van der Waals surface area contributed by atoms with Gasteiger partial charge in [-0.25, -0.2) is 0 Å². The predicted octanol–water partition coefficient (Wildman–Crippen LogP) is 2.05. The fourth-order valence-corrected chi connectivity index (χ4v) is 5.14. The van der Waals surface area contributed by atoms with Crippen molar-refractivity contribution >= 4 is 29.6 Å². The van der Waals surface area contributed by atoms with Gasteiger partial charge in [-0.2, -0.15) is 0 Å². The molecule has 0 bridgehead atoms. The van der Waals surface area contributed by atoms with Crippen LogP contribution in [0.3, 0.4) is 0 Å². The van der Waals surface area contributed by atoms with Gasteiger partial charge in [0.15, 0.2) is 0 Å². The minimum absolute atomic E-state index is 0.0755. The molecule has 3 aliphatic heterocycles. The van der Waals surface area contributed by atoms with Crippen LogP contribution in [0, 0.1) is 5.92 Å². The Morgan fingerprint density at radius 1 is 0.914 bits per heavy atom. The molecule has 0 radical (unpaired) electrons. The molecule has 2 N–H and O–H groups in total. The van der Waals surface area contributed by atoms with Crippen LogP contribution in [-0.4, -0.2) is 63.6 Å². The second-order valence-corrected chi connectivity index (χ2v) is 9.26. The highest BCUT2D eigenvalue weighted by Crippen LogP contribution is 2.35. The molecule has 2 aromatic carbocycles. The molecule has 1 atom stereocenters. The number of piperidine rings is 2. The zero-order valence-electron chi connectivity index (χ0n) is 19.0. The quantitative estimate of drug-likeness (QED) is 0.634. The lowest BCUT2D eigenvalue weighted by Crippen LogP contribution is -2.54. The molecule has 9 heteroatoms. The van der Waals surface area contributed by atoms with Gasteiger partial charge in [0.25, 0.3) is 11.8 Å². The normalized spacial score (nSPS) is 21.3. The number of carboxylic acids is 1. The number of nitrogens with zero attached hydrogens (tertiary/aromatic N) is 2. The van der Waals surface area contributed by atoms with Gasteiger partial charge in [0.2, 0.25) is 11.8 Å². The van der Waals surface area contributed by atoms with Crippen molar-refractivity contribution < 1.29 is 29.1 Å². The molecule has 0 aromatic heterocycles. The number of carbonyl (C=O) groups excluding carboxylic acids is 4. The molecular formula is C26H25N3O6. The highest BCUT2D eigenvalue weighted by atomic mass is 16.4. The van der Waals surface area contributed by atoms with Gasteiger partial charge >= 0.3 is 5.97 Å². The molecule has 3 heterocycles. The van der Waals surface area contributed by atoms with Crippen molar-refractivity contribution in [2.75, 3.05) is 13.1 Å². The third kappa shape index (κ3) is 4.23. The standard InChI is InChI=1S/C26H25N3O6/c30-21-9-8-20(23(31)27-21)29-24(32)19-3-1-2-18(22(19)25(29)33)16-6-4-15(5-7-16)14-28-12-10-17(11-13-28)26(34)35/h1-7,17,20H,8-14H2,(H,34,35)(H,27,30,31). The third-order valence-electron chi connectivity index (χ3n) is 7.08. The topological polar surface area (TPSA) is 124 Å². The van der Waals surface area contributed by atoms with Crippen LogP contribution in [0.25, 0.3) is 11.1 Å². The largest absolute Gasteiger partial charge is 0.481 e. The molecule has 9 nitrogen and oxygen atoms in total. The maximum atomic E-state index is 13.3. The summed E-state index contributed by atoms with van der Waals surface area (Å²) in [6.45, 7) is 2.18. The Morgan fingerprint density at radius 2 is 1.60 bits per heavy atom. The first kappa shape index (κ1) is 22.9. The average Bonchev–Trinajstić information content (AvgIpc) is 3.10. The number of imide groups is 2. The molecule has 1 unspecified atom stereocenters. The summed E-state index contributed by atoms with van der Waals surface area (Å²) in [4.78, 5) is 64.6. The van der Waals surface area contributed by atoms with Crippen molar-refractivity contribution in [3.05, 3.63) is 59.2 Å². The summed E-state index contributed by atoms with van der Waals surface area (Å²) in [6.07, 6.45) is 1.47. The zero-order valence-corrected chi connectivity index (χ0v) is 19.0. The van der Waals surface area contributed by atoms with E-state index in [4.69, 9.17) is 5.11 Å². The first-order chi connectivity index (χ1) is 16.8. The van der Waals surface area contributed by atoms with Crippen LogP contribution < -0.4 is 5.32 Å². The van der Waals surface area contributed by atoms with E-state index >= 15 is 0 Å². The van der Waals surface area contributed by atoms with E-state index in [-0.39, 0.29) is 29.9 Å². The maximum absolute atomic E-state index is 13.3. The number of aliphatic carboxylic acids is 1. The van der Waals surface area contributed by atoms with Crippen LogP contribution in [-0.2, 0) is 20.9 Å². The predicted molar refractivity (Wildman–Crippen MR) is 124 cm³/mol. The number of carboxylic acid groups (broad SMARTS) is 1.